The van der Waals surface area contributed by atoms with E-state index in [2.05, 4.69) is 15.9 Å². The second-order valence-electron chi connectivity index (χ2n) is 8.92. The van der Waals surface area contributed by atoms with Gasteiger partial charge < -0.3 is 4.74 Å². The molecule has 0 bridgehead atoms. The Morgan fingerprint density at radius 1 is 0.865 bits per heavy atom. The van der Waals surface area contributed by atoms with Gasteiger partial charge in [-0.05, 0) is 53.4 Å². The van der Waals surface area contributed by atoms with Crippen LogP contribution in [0.2, 0.25) is 0 Å². The average molecular weight is 557 g/mol. The van der Waals surface area contributed by atoms with Gasteiger partial charge in [-0.25, -0.2) is 14.8 Å². The molecule has 8 heteroatoms. The molecule has 2 fully saturated rings. The van der Waals surface area contributed by atoms with Crippen LogP contribution in [0.15, 0.2) is 95.5 Å². The Hall–Kier alpha value is -4.01. The van der Waals surface area contributed by atoms with Crippen molar-refractivity contribution in [1.29, 1.82) is 0 Å². The topological polar surface area (TPSA) is 76.2 Å². The summed E-state index contributed by atoms with van der Waals surface area (Å²) in [6.07, 6.45) is -0.986. The number of hydrogen-bond donors (Lipinski definition) is 0. The van der Waals surface area contributed by atoms with Crippen molar-refractivity contribution in [3.05, 3.63) is 107 Å². The molecule has 184 valence electrons. The first kappa shape index (κ1) is 23.4. The van der Waals surface area contributed by atoms with Crippen LogP contribution in [0, 0.1) is 5.92 Å². The van der Waals surface area contributed by atoms with Crippen molar-refractivity contribution in [2.75, 3.05) is 17.1 Å². The molecule has 2 aliphatic heterocycles. The van der Waals surface area contributed by atoms with Gasteiger partial charge in [0, 0.05) is 9.86 Å². The number of esters is 1. The van der Waals surface area contributed by atoms with Crippen LogP contribution in [-0.4, -0.2) is 31.0 Å². The molecule has 3 unspecified atom stereocenters. The van der Waals surface area contributed by atoms with Crippen molar-refractivity contribution in [2.45, 2.75) is 12.1 Å². The first-order chi connectivity index (χ1) is 18.0. The van der Waals surface area contributed by atoms with Gasteiger partial charge in [-0.3, -0.25) is 14.4 Å². The van der Waals surface area contributed by atoms with Crippen molar-refractivity contribution in [3.8, 4) is 0 Å². The highest BCUT2D eigenvalue weighted by Gasteiger charge is 2.60. The fraction of sp³-hybridized carbons (Fsp3) is 0.138. The molecule has 4 aromatic rings. The fourth-order valence-electron chi connectivity index (χ4n) is 5.14. The maximum absolute atomic E-state index is 14.0. The number of carbonyl (C=O) groups is 3. The number of hydroxylamine groups is 1. The number of anilines is 2. The van der Waals surface area contributed by atoms with Gasteiger partial charge >= 0.3 is 5.97 Å². The standard InChI is InChI=1S/C29H21BrN2O5/c1-36-29(35)19-11-9-18(10-12-19)25-24-26(37-32(25)21-15-13-20(30)14-16-21)28(34)31(27(24)33)23-8-4-6-17-5-2-3-7-22(17)23/h2-16,24-26H,1H3. The van der Waals surface area contributed by atoms with Gasteiger partial charge in [-0.2, -0.15) is 0 Å². The molecule has 4 aromatic carbocycles. The molecule has 37 heavy (non-hydrogen) atoms. The number of rotatable bonds is 4. The zero-order valence-corrected chi connectivity index (χ0v) is 21.3. The highest BCUT2D eigenvalue weighted by molar-refractivity contribution is 9.10. The van der Waals surface area contributed by atoms with Crippen LogP contribution < -0.4 is 9.96 Å². The van der Waals surface area contributed by atoms with E-state index < -0.39 is 29.9 Å². The average Bonchev–Trinajstić information content (AvgIpc) is 3.44. The largest absolute Gasteiger partial charge is 0.465 e. The summed E-state index contributed by atoms with van der Waals surface area (Å²) in [5, 5.41) is 3.38. The van der Waals surface area contributed by atoms with Gasteiger partial charge in [0.1, 0.15) is 5.92 Å². The molecule has 3 atom stereocenters. The monoisotopic (exact) mass is 556 g/mol. The summed E-state index contributed by atoms with van der Waals surface area (Å²) in [5.74, 6) is -1.96. The van der Waals surface area contributed by atoms with E-state index in [-0.39, 0.29) is 5.91 Å². The lowest BCUT2D eigenvalue weighted by Gasteiger charge is -2.29. The number of carbonyl (C=O) groups excluding carboxylic acids is 3. The molecule has 0 spiro atoms. The Bertz CT molecular complexity index is 1530. The van der Waals surface area contributed by atoms with E-state index in [1.54, 1.807) is 35.4 Å². The lowest BCUT2D eigenvalue weighted by atomic mass is 9.90. The second-order valence-corrected chi connectivity index (χ2v) is 9.84. The molecule has 6 rings (SSSR count). The van der Waals surface area contributed by atoms with E-state index in [1.165, 1.54) is 12.0 Å². The quantitative estimate of drug-likeness (QED) is 0.246. The number of halogens is 1. The van der Waals surface area contributed by atoms with Gasteiger partial charge in [-0.15, -0.1) is 0 Å². The number of hydrogen-bond acceptors (Lipinski definition) is 6. The predicted octanol–water partition coefficient (Wildman–Crippen LogP) is 5.44. The molecule has 2 saturated heterocycles. The summed E-state index contributed by atoms with van der Waals surface area (Å²) < 4.78 is 5.71. The van der Waals surface area contributed by atoms with Gasteiger partial charge in [0.05, 0.1) is 30.1 Å². The van der Waals surface area contributed by atoms with Crippen LogP contribution in [0.4, 0.5) is 11.4 Å². The molecule has 2 aliphatic rings. The van der Waals surface area contributed by atoms with Crippen molar-refractivity contribution in [2.24, 2.45) is 5.92 Å². The van der Waals surface area contributed by atoms with E-state index in [0.717, 1.165) is 20.8 Å². The van der Waals surface area contributed by atoms with Crippen molar-refractivity contribution in [1.82, 2.24) is 0 Å². The Morgan fingerprint density at radius 2 is 1.57 bits per heavy atom. The van der Waals surface area contributed by atoms with Crippen LogP contribution in [0.5, 0.6) is 0 Å². The third kappa shape index (κ3) is 3.80. The molecule has 0 N–H and O–H groups in total. The van der Waals surface area contributed by atoms with E-state index in [1.807, 2.05) is 60.7 Å². The molecule has 2 heterocycles. The maximum atomic E-state index is 14.0. The number of imide groups is 1. The number of amides is 2. The minimum atomic E-state index is -0.986. The second kappa shape index (κ2) is 9.14. The third-order valence-electron chi connectivity index (χ3n) is 6.88. The predicted molar refractivity (Wildman–Crippen MR) is 142 cm³/mol. The van der Waals surface area contributed by atoms with Gasteiger partial charge in [-0.1, -0.05) is 64.5 Å². The summed E-state index contributed by atoms with van der Waals surface area (Å²) in [7, 11) is 1.32. The highest BCUT2D eigenvalue weighted by atomic mass is 79.9. The Morgan fingerprint density at radius 3 is 2.30 bits per heavy atom. The van der Waals surface area contributed by atoms with Gasteiger partial charge in [0.2, 0.25) is 5.91 Å². The van der Waals surface area contributed by atoms with Crippen LogP contribution in [-0.2, 0) is 19.2 Å². The van der Waals surface area contributed by atoms with E-state index in [4.69, 9.17) is 9.57 Å². The Labute approximate surface area is 221 Å². The lowest BCUT2D eigenvalue weighted by molar-refractivity contribution is -0.126. The number of methoxy groups -OCH3 is 1. The molecule has 0 radical (unpaired) electrons. The third-order valence-corrected chi connectivity index (χ3v) is 7.41. The highest BCUT2D eigenvalue weighted by Crippen LogP contribution is 2.48. The fourth-order valence-corrected chi connectivity index (χ4v) is 5.40. The molecule has 0 aliphatic carbocycles. The van der Waals surface area contributed by atoms with Crippen LogP contribution in [0.1, 0.15) is 22.0 Å². The Balaban J connectivity index is 1.44. The number of benzene rings is 4. The smallest absolute Gasteiger partial charge is 0.337 e. The number of nitrogens with zero attached hydrogens (tertiary/aromatic N) is 2. The summed E-state index contributed by atoms with van der Waals surface area (Å²) in [5.41, 5.74) is 2.38. The summed E-state index contributed by atoms with van der Waals surface area (Å²) in [6.45, 7) is 0. The first-order valence-electron chi connectivity index (χ1n) is 11.7. The van der Waals surface area contributed by atoms with Crippen LogP contribution >= 0.6 is 15.9 Å². The Kier molecular flexibility index (Phi) is 5.78. The van der Waals surface area contributed by atoms with E-state index in [0.29, 0.717) is 16.9 Å². The zero-order valence-electron chi connectivity index (χ0n) is 19.7. The van der Waals surface area contributed by atoms with Crippen LogP contribution in [0.25, 0.3) is 10.8 Å². The van der Waals surface area contributed by atoms with Gasteiger partial charge in [0.25, 0.3) is 5.91 Å². The molecular formula is C29H21BrN2O5. The SMILES string of the molecule is COC(=O)c1ccc(C2C3C(=O)N(c4cccc5ccccc45)C(=O)C3ON2c2ccc(Br)cc2)cc1. The number of ether oxygens (including phenoxy) is 1. The minimum absolute atomic E-state index is 0.326. The van der Waals surface area contributed by atoms with Crippen molar-refractivity contribution >= 4 is 55.9 Å². The van der Waals surface area contributed by atoms with Crippen LogP contribution in [0.3, 0.4) is 0 Å². The molecule has 2 amide bonds. The zero-order chi connectivity index (χ0) is 25.7. The molecular weight excluding hydrogens is 536 g/mol. The van der Waals surface area contributed by atoms with Crippen molar-refractivity contribution in [3.63, 3.8) is 0 Å². The molecule has 0 aromatic heterocycles. The molecule has 7 nitrogen and oxygen atoms in total. The van der Waals surface area contributed by atoms with E-state index >= 15 is 0 Å². The summed E-state index contributed by atoms with van der Waals surface area (Å²) >= 11 is 3.45. The lowest BCUT2D eigenvalue weighted by Crippen LogP contribution is -2.37. The molecule has 0 saturated carbocycles. The summed E-state index contributed by atoms with van der Waals surface area (Å²) in [6, 6.07) is 26.9. The van der Waals surface area contributed by atoms with E-state index in [9.17, 15) is 14.4 Å². The maximum Gasteiger partial charge on any atom is 0.337 e. The van der Waals surface area contributed by atoms with Gasteiger partial charge in [0.15, 0.2) is 6.10 Å². The summed E-state index contributed by atoms with van der Waals surface area (Å²) in [4.78, 5) is 47.2. The normalized spacial score (nSPS) is 21.0. The first-order valence-corrected chi connectivity index (χ1v) is 12.5. The minimum Gasteiger partial charge on any atom is -0.465 e. The van der Waals surface area contributed by atoms with Crippen molar-refractivity contribution < 1.29 is 24.0 Å². The number of fused-ring (bicyclic) bond motifs is 2.